The minimum atomic E-state index is -0.204. The molecule has 2 aromatic carbocycles. The average molecular weight is 310 g/mol. The Kier molecular flexibility index (Phi) is 4.93. The molecule has 0 saturated heterocycles. The largest absolute Gasteiger partial charge is 0.494 e. The van der Waals surface area contributed by atoms with E-state index in [1.54, 1.807) is 0 Å². The van der Waals surface area contributed by atoms with E-state index in [2.05, 4.69) is 29.7 Å². The molecule has 0 spiro atoms. The summed E-state index contributed by atoms with van der Waals surface area (Å²) >= 11 is 0. The molecule has 0 saturated carbocycles. The van der Waals surface area contributed by atoms with E-state index < -0.39 is 0 Å². The average Bonchev–Trinajstić information content (AvgIpc) is 2.60. The molecule has 0 radical (unpaired) electrons. The second-order valence-electron chi connectivity index (χ2n) is 5.77. The molecule has 0 bridgehead atoms. The van der Waals surface area contributed by atoms with Gasteiger partial charge in [0.1, 0.15) is 5.75 Å². The Morgan fingerprint density at radius 1 is 1.22 bits per heavy atom. The third-order valence-corrected chi connectivity index (χ3v) is 3.97. The Balaban J connectivity index is 1.64. The SMILES string of the molecule is CCCOc1cccc(NC(=O)C2Cc3ccccc3CN2)c1. The van der Waals surface area contributed by atoms with Gasteiger partial charge in [0.25, 0.3) is 0 Å². The first-order valence-electron chi connectivity index (χ1n) is 8.10. The Bertz CT molecular complexity index is 685. The molecule has 1 unspecified atom stereocenters. The van der Waals surface area contributed by atoms with Crippen LogP contribution in [0.1, 0.15) is 24.5 Å². The van der Waals surface area contributed by atoms with Crippen LogP contribution >= 0.6 is 0 Å². The van der Waals surface area contributed by atoms with Crippen LogP contribution in [0.25, 0.3) is 0 Å². The standard InChI is InChI=1S/C19H22N2O2/c1-2-10-23-17-9-5-8-16(12-17)21-19(22)18-11-14-6-3-4-7-15(14)13-20-18/h3-9,12,18,20H,2,10-11,13H2,1H3,(H,21,22). The number of ether oxygens (including phenoxy) is 1. The molecule has 120 valence electrons. The van der Waals surface area contributed by atoms with Gasteiger partial charge in [0, 0.05) is 18.3 Å². The highest BCUT2D eigenvalue weighted by atomic mass is 16.5. The minimum Gasteiger partial charge on any atom is -0.494 e. The molecular weight excluding hydrogens is 288 g/mol. The molecule has 0 aromatic heterocycles. The summed E-state index contributed by atoms with van der Waals surface area (Å²) in [7, 11) is 0. The highest BCUT2D eigenvalue weighted by molar-refractivity contribution is 5.95. The van der Waals surface area contributed by atoms with E-state index in [1.807, 2.05) is 36.4 Å². The lowest BCUT2D eigenvalue weighted by Gasteiger charge is -2.25. The summed E-state index contributed by atoms with van der Waals surface area (Å²) in [5.74, 6) is 0.777. The van der Waals surface area contributed by atoms with E-state index in [-0.39, 0.29) is 11.9 Å². The number of carbonyl (C=O) groups excluding carboxylic acids is 1. The number of nitrogens with one attached hydrogen (secondary N) is 2. The van der Waals surface area contributed by atoms with Gasteiger partial charge < -0.3 is 15.4 Å². The van der Waals surface area contributed by atoms with Crippen molar-refractivity contribution in [3.05, 3.63) is 59.7 Å². The zero-order chi connectivity index (χ0) is 16.1. The molecule has 2 N–H and O–H groups in total. The van der Waals surface area contributed by atoms with Gasteiger partial charge in [-0.2, -0.15) is 0 Å². The predicted octanol–water partition coefficient (Wildman–Crippen LogP) is 3.13. The van der Waals surface area contributed by atoms with Gasteiger partial charge in [-0.25, -0.2) is 0 Å². The van der Waals surface area contributed by atoms with Crippen molar-refractivity contribution in [1.29, 1.82) is 0 Å². The van der Waals surface area contributed by atoms with Crippen LogP contribution in [0.5, 0.6) is 5.75 Å². The minimum absolute atomic E-state index is 0.00727. The van der Waals surface area contributed by atoms with E-state index >= 15 is 0 Å². The monoisotopic (exact) mass is 310 g/mol. The first-order chi connectivity index (χ1) is 11.3. The van der Waals surface area contributed by atoms with Gasteiger partial charge >= 0.3 is 0 Å². The molecule has 4 heteroatoms. The number of carbonyl (C=O) groups is 1. The van der Waals surface area contributed by atoms with E-state index in [1.165, 1.54) is 11.1 Å². The zero-order valence-corrected chi connectivity index (χ0v) is 13.3. The molecule has 1 heterocycles. The van der Waals surface area contributed by atoms with Gasteiger partial charge in [-0.05, 0) is 36.1 Å². The summed E-state index contributed by atoms with van der Waals surface area (Å²) in [4.78, 5) is 12.5. The summed E-state index contributed by atoms with van der Waals surface area (Å²) in [5.41, 5.74) is 3.28. The molecular formula is C19H22N2O2. The molecule has 1 aliphatic heterocycles. The van der Waals surface area contributed by atoms with Gasteiger partial charge in [-0.15, -0.1) is 0 Å². The lowest BCUT2D eigenvalue weighted by molar-refractivity contribution is -0.118. The summed E-state index contributed by atoms with van der Waals surface area (Å²) in [5, 5.41) is 6.28. The number of benzene rings is 2. The predicted molar refractivity (Wildman–Crippen MR) is 91.6 cm³/mol. The third kappa shape index (κ3) is 3.90. The molecule has 1 aliphatic rings. The first kappa shape index (κ1) is 15.6. The lowest BCUT2D eigenvalue weighted by atomic mass is 9.95. The van der Waals surface area contributed by atoms with Crippen LogP contribution in [-0.4, -0.2) is 18.6 Å². The Labute approximate surface area is 136 Å². The van der Waals surface area contributed by atoms with Crippen LogP contribution < -0.4 is 15.4 Å². The van der Waals surface area contributed by atoms with E-state index in [0.29, 0.717) is 13.0 Å². The summed E-state index contributed by atoms with van der Waals surface area (Å²) in [6.45, 7) is 3.48. The first-order valence-corrected chi connectivity index (χ1v) is 8.10. The molecule has 3 rings (SSSR count). The van der Waals surface area contributed by atoms with Crippen molar-refractivity contribution < 1.29 is 9.53 Å². The Morgan fingerprint density at radius 3 is 2.87 bits per heavy atom. The molecule has 1 amide bonds. The van der Waals surface area contributed by atoms with Gasteiger partial charge in [0.15, 0.2) is 0 Å². The van der Waals surface area contributed by atoms with Crippen LogP contribution in [0.4, 0.5) is 5.69 Å². The molecule has 1 atom stereocenters. The van der Waals surface area contributed by atoms with Gasteiger partial charge in [0.05, 0.1) is 12.6 Å². The number of fused-ring (bicyclic) bond motifs is 1. The molecule has 4 nitrogen and oxygen atoms in total. The van der Waals surface area contributed by atoms with E-state index in [0.717, 1.165) is 24.4 Å². The van der Waals surface area contributed by atoms with Crippen LogP contribution in [-0.2, 0) is 17.8 Å². The maximum Gasteiger partial charge on any atom is 0.241 e. The van der Waals surface area contributed by atoms with Crippen LogP contribution in [0.2, 0.25) is 0 Å². The van der Waals surface area contributed by atoms with Crippen molar-refractivity contribution in [2.24, 2.45) is 0 Å². The van der Waals surface area contributed by atoms with Crippen molar-refractivity contribution >= 4 is 11.6 Å². The fraction of sp³-hybridized carbons (Fsp3) is 0.316. The highest BCUT2D eigenvalue weighted by Gasteiger charge is 2.23. The number of hydrogen-bond donors (Lipinski definition) is 2. The summed E-state index contributed by atoms with van der Waals surface area (Å²) in [6.07, 6.45) is 1.68. The second kappa shape index (κ2) is 7.29. The maximum atomic E-state index is 12.5. The van der Waals surface area contributed by atoms with Gasteiger partial charge in [-0.3, -0.25) is 4.79 Å². The third-order valence-electron chi connectivity index (χ3n) is 3.97. The smallest absolute Gasteiger partial charge is 0.241 e. The van der Waals surface area contributed by atoms with Crippen molar-refractivity contribution in [3.8, 4) is 5.75 Å². The van der Waals surface area contributed by atoms with Crippen molar-refractivity contribution in [2.75, 3.05) is 11.9 Å². The van der Waals surface area contributed by atoms with Gasteiger partial charge in [-0.1, -0.05) is 37.3 Å². The molecule has 0 fully saturated rings. The summed E-state index contributed by atoms with van der Waals surface area (Å²) < 4.78 is 5.60. The Morgan fingerprint density at radius 2 is 2.04 bits per heavy atom. The molecule has 2 aromatic rings. The van der Waals surface area contributed by atoms with Crippen molar-refractivity contribution in [2.45, 2.75) is 32.4 Å². The maximum absolute atomic E-state index is 12.5. The Hall–Kier alpha value is -2.33. The highest BCUT2D eigenvalue weighted by Crippen LogP contribution is 2.20. The number of hydrogen-bond acceptors (Lipinski definition) is 3. The van der Waals surface area contributed by atoms with E-state index in [4.69, 9.17) is 4.74 Å². The van der Waals surface area contributed by atoms with Crippen LogP contribution in [0, 0.1) is 0 Å². The number of anilines is 1. The van der Waals surface area contributed by atoms with Crippen LogP contribution in [0.15, 0.2) is 48.5 Å². The number of rotatable bonds is 5. The number of amides is 1. The fourth-order valence-corrected chi connectivity index (χ4v) is 2.75. The topological polar surface area (TPSA) is 50.4 Å². The normalized spacial score (nSPS) is 16.5. The van der Waals surface area contributed by atoms with Crippen LogP contribution in [0.3, 0.4) is 0 Å². The lowest BCUT2D eigenvalue weighted by Crippen LogP contribution is -2.44. The quantitative estimate of drug-likeness (QED) is 0.892. The molecule has 23 heavy (non-hydrogen) atoms. The zero-order valence-electron chi connectivity index (χ0n) is 13.3. The van der Waals surface area contributed by atoms with Crippen molar-refractivity contribution in [3.63, 3.8) is 0 Å². The van der Waals surface area contributed by atoms with E-state index in [9.17, 15) is 4.79 Å². The van der Waals surface area contributed by atoms with Gasteiger partial charge in [0.2, 0.25) is 5.91 Å². The molecule has 0 aliphatic carbocycles. The van der Waals surface area contributed by atoms with Crippen molar-refractivity contribution in [1.82, 2.24) is 5.32 Å². The fourth-order valence-electron chi connectivity index (χ4n) is 2.75. The summed E-state index contributed by atoms with van der Waals surface area (Å²) in [6, 6.07) is 15.6. The second-order valence-corrected chi connectivity index (χ2v) is 5.77.